The van der Waals surface area contributed by atoms with Crippen LogP contribution in [-0.4, -0.2) is 12.3 Å². The summed E-state index contributed by atoms with van der Waals surface area (Å²) < 4.78 is 0. The zero-order valence-corrected chi connectivity index (χ0v) is 10.6. The van der Waals surface area contributed by atoms with Crippen LogP contribution in [0.3, 0.4) is 0 Å². The molecule has 0 radical (unpaired) electrons. The van der Waals surface area contributed by atoms with Gasteiger partial charge in [-0.1, -0.05) is 41.9 Å². The fraction of sp³-hybridized carbons (Fsp3) is 0.133. The molecule has 2 nitrogen and oxygen atoms in total. The third-order valence-corrected chi connectivity index (χ3v) is 3.29. The SMILES string of the molecule is Clc1ccc(N2CCC(c3ccccc3)=N2)cc1. The van der Waals surface area contributed by atoms with E-state index in [9.17, 15) is 0 Å². The molecule has 0 unspecified atom stereocenters. The van der Waals surface area contributed by atoms with Crippen molar-refractivity contribution in [1.82, 2.24) is 0 Å². The monoisotopic (exact) mass is 256 g/mol. The Kier molecular flexibility index (Phi) is 3.03. The zero-order valence-electron chi connectivity index (χ0n) is 9.88. The molecule has 18 heavy (non-hydrogen) atoms. The first-order valence-corrected chi connectivity index (χ1v) is 6.37. The van der Waals surface area contributed by atoms with Crippen LogP contribution in [0.1, 0.15) is 12.0 Å². The number of rotatable bonds is 2. The average Bonchev–Trinajstić information content (AvgIpc) is 2.90. The van der Waals surface area contributed by atoms with Crippen LogP contribution in [-0.2, 0) is 0 Å². The lowest BCUT2D eigenvalue weighted by Crippen LogP contribution is -2.11. The van der Waals surface area contributed by atoms with Crippen molar-refractivity contribution in [2.75, 3.05) is 11.6 Å². The van der Waals surface area contributed by atoms with E-state index in [2.05, 4.69) is 17.2 Å². The normalized spacial score (nSPS) is 14.7. The number of hydrazone groups is 1. The molecule has 3 heteroatoms. The Morgan fingerprint density at radius 3 is 2.39 bits per heavy atom. The maximum Gasteiger partial charge on any atom is 0.0700 e. The average molecular weight is 257 g/mol. The van der Waals surface area contributed by atoms with E-state index in [1.165, 1.54) is 5.56 Å². The summed E-state index contributed by atoms with van der Waals surface area (Å²) in [5.41, 5.74) is 3.44. The molecule has 0 spiro atoms. The zero-order chi connectivity index (χ0) is 12.4. The van der Waals surface area contributed by atoms with E-state index in [1.807, 2.05) is 47.5 Å². The molecule has 0 aromatic heterocycles. The van der Waals surface area contributed by atoms with Gasteiger partial charge in [0.05, 0.1) is 11.4 Å². The Bertz CT molecular complexity index is 561. The molecule has 0 atom stereocenters. The van der Waals surface area contributed by atoms with E-state index < -0.39 is 0 Å². The first-order chi connectivity index (χ1) is 8.83. The number of hydrogen-bond donors (Lipinski definition) is 0. The van der Waals surface area contributed by atoms with E-state index in [0.717, 1.165) is 29.4 Å². The molecule has 0 aliphatic carbocycles. The summed E-state index contributed by atoms with van der Waals surface area (Å²) in [6.07, 6.45) is 0.979. The first-order valence-electron chi connectivity index (χ1n) is 5.99. The van der Waals surface area contributed by atoms with Gasteiger partial charge < -0.3 is 0 Å². The highest BCUT2D eigenvalue weighted by Gasteiger charge is 2.16. The Hall–Kier alpha value is -1.80. The van der Waals surface area contributed by atoms with Gasteiger partial charge in [-0.25, -0.2) is 0 Å². The molecule has 2 aromatic rings. The number of hydrogen-bond acceptors (Lipinski definition) is 2. The molecule has 1 aliphatic rings. The van der Waals surface area contributed by atoms with Crippen molar-refractivity contribution in [3.63, 3.8) is 0 Å². The van der Waals surface area contributed by atoms with Crippen LogP contribution in [0.15, 0.2) is 59.7 Å². The van der Waals surface area contributed by atoms with Crippen LogP contribution < -0.4 is 5.01 Å². The Balaban J connectivity index is 1.85. The van der Waals surface area contributed by atoms with E-state index in [4.69, 9.17) is 11.6 Å². The highest BCUT2D eigenvalue weighted by atomic mass is 35.5. The van der Waals surface area contributed by atoms with Crippen molar-refractivity contribution in [3.8, 4) is 0 Å². The topological polar surface area (TPSA) is 15.6 Å². The molecule has 0 amide bonds. The lowest BCUT2D eigenvalue weighted by molar-refractivity contribution is 0.922. The molecule has 2 aromatic carbocycles. The predicted octanol–water partition coefficient (Wildman–Crippen LogP) is 3.95. The maximum absolute atomic E-state index is 5.89. The minimum atomic E-state index is 0.755. The van der Waals surface area contributed by atoms with Gasteiger partial charge in [0, 0.05) is 18.0 Å². The summed E-state index contributed by atoms with van der Waals surface area (Å²) in [4.78, 5) is 0. The smallest absolute Gasteiger partial charge is 0.0700 e. The molecule has 3 rings (SSSR count). The molecule has 1 aliphatic heterocycles. The van der Waals surface area contributed by atoms with Gasteiger partial charge in [-0.15, -0.1) is 0 Å². The third kappa shape index (κ3) is 2.24. The molecule has 0 saturated heterocycles. The van der Waals surface area contributed by atoms with Crippen molar-refractivity contribution in [2.24, 2.45) is 5.10 Å². The number of benzene rings is 2. The fourth-order valence-electron chi connectivity index (χ4n) is 2.09. The quantitative estimate of drug-likeness (QED) is 0.794. The maximum atomic E-state index is 5.89. The molecule has 0 bridgehead atoms. The minimum Gasteiger partial charge on any atom is -0.265 e. The van der Waals surface area contributed by atoms with Gasteiger partial charge in [0.2, 0.25) is 0 Å². The number of nitrogens with zero attached hydrogens (tertiary/aromatic N) is 2. The van der Waals surface area contributed by atoms with Crippen LogP contribution >= 0.6 is 11.6 Å². The standard InChI is InChI=1S/C15H13ClN2/c16-13-6-8-14(9-7-13)18-11-10-15(17-18)12-4-2-1-3-5-12/h1-9H,10-11H2. The second kappa shape index (κ2) is 4.83. The van der Waals surface area contributed by atoms with Gasteiger partial charge in [0.1, 0.15) is 0 Å². The van der Waals surface area contributed by atoms with Gasteiger partial charge in [-0.2, -0.15) is 5.10 Å². The lowest BCUT2D eigenvalue weighted by atomic mass is 10.1. The van der Waals surface area contributed by atoms with E-state index >= 15 is 0 Å². The van der Waals surface area contributed by atoms with Crippen molar-refractivity contribution in [3.05, 3.63) is 65.2 Å². The first kappa shape index (κ1) is 11.3. The minimum absolute atomic E-state index is 0.755. The van der Waals surface area contributed by atoms with Crippen LogP contribution in [0.5, 0.6) is 0 Å². The fourth-order valence-corrected chi connectivity index (χ4v) is 2.22. The predicted molar refractivity (Wildman–Crippen MR) is 76.4 cm³/mol. The van der Waals surface area contributed by atoms with E-state index in [0.29, 0.717) is 0 Å². The Morgan fingerprint density at radius 2 is 1.67 bits per heavy atom. The van der Waals surface area contributed by atoms with Gasteiger partial charge in [-0.3, -0.25) is 5.01 Å². The Labute approximate surface area is 112 Å². The van der Waals surface area contributed by atoms with E-state index in [1.54, 1.807) is 0 Å². The second-order valence-corrected chi connectivity index (χ2v) is 4.70. The summed E-state index contributed by atoms with van der Waals surface area (Å²) in [5.74, 6) is 0. The lowest BCUT2D eigenvalue weighted by Gasteiger charge is -2.12. The van der Waals surface area contributed by atoms with Crippen LogP contribution in [0.2, 0.25) is 5.02 Å². The van der Waals surface area contributed by atoms with Crippen LogP contribution in [0.25, 0.3) is 0 Å². The molecule has 1 heterocycles. The van der Waals surface area contributed by atoms with Crippen molar-refractivity contribution < 1.29 is 0 Å². The summed E-state index contributed by atoms with van der Waals surface area (Å²) in [5, 5.41) is 7.45. The van der Waals surface area contributed by atoms with E-state index in [-0.39, 0.29) is 0 Å². The summed E-state index contributed by atoms with van der Waals surface area (Å²) in [6.45, 7) is 0.922. The molecule has 0 saturated carbocycles. The highest BCUT2D eigenvalue weighted by Crippen LogP contribution is 2.23. The largest absolute Gasteiger partial charge is 0.265 e. The summed E-state index contributed by atoms with van der Waals surface area (Å²) in [7, 11) is 0. The summed E-state index contributed by atoms with van der Waals surface area (Å²) >= 11 is 5.89. The van der Waals surface area contributed by atoms with Gasteiger partial charge >= 0.3 is 0 Å². The molecule has 0 fully saturated rings. The summed E-state index contributed by atoms with van der Waals surface area (Å²) in [6, 6.07) is 18.1. The Morgan fingerprint density at radius 1 is 0.944 bits per heavy atom. The van der Waals surface area contributed by atoms with Gasteiger partial charge in [0.15, 0.2) is 0 Å². The van der Waals surface area contributed by atoms with Gasteiger partial charge in [-0.05, 0) is 29.8 Å². The third-order valence-electron chi connectivity index (χ3n) is 3.03. The molecule has 0 N–H and O–H groups in total. The number of anilines is 1. The highest BCUT2D eigenvalue weighted by molar-refractivity contribution is 6.30. The molecular weight excluding hydrogens is 244 g/mol. The second-order valence-electron chi connectivity index (χ2n) is 4.26. The van der Waals surface area contributed by atoms with Crippen molar-refractivity contribution in [2.45, 2.75) is 6.42 Å². The van der Waals surface area contributed by atoms with Crippen molar-refractivity contribution >= 4 is 23.0 Å². The molecular formula is C15H13ClN2. The van der Waals surface area contributed by atoms with Gasteiger partial charge in [0.25, 0.3) is 0 Å². The van der Waals surface area contributed by atoms with Crippen LogP contribution in [0, 0.1) is 0 Å². The van der Waals surface area contributed by atoms with Crippen molar-refractivity contribution in [1.29, 1.82) is 0 Å². The molecule has 90 valence electrons. The number of halogens is 1. The van der Waals surface area contributed by atoms with Crippen LogP contribution in [0.4, 0.5) is 5.69 Å².